The van der Waals surface area contributed by atoms with Gasteiger partial charge in [-0.25, -0.2) is 14.6 Å². The molecule has 0 aliphatic heterocycles. The molecule has 0 saturated heterocycles. The predicted molar refractivity (Wildman–Crippen MR) is 101 cm³/mol. The topological polar surface area (TPSA) is 69.4 Å². The van der Waals surface area contributed by atoms with Gasteiger partial charge in [0, 0.05) is 11.9 Å². The number of aryl methyl sites for hydroxylation is 1. The van der Waals surface area contributed by atoms with Gasteiger partial charge in [0.1, 0.15) is 5.03 Å². The highest BCUT2D eigenvalue weighted by Crippen LogP contribution is 2.31. The summed E-state index contributed by atoms with van der Waals surface area (Å²) in [6.07, 6.45) is 1.00. The third-order valence-electron chi connectivity index (χ3n) is 3.69. The molecule has 4 aromatic rings. The summed E-state index contributed by atoms with van der Waals surface area (Å²) in [5.41, 5.74) is 0.955. The average molecular weight is 368 g/mol. The van der Waals surface area contributed by atoms with Gasteiger partial charge in [0.05, 0.1) is 16.1 Å². The Labute approximate surface area is 153 Å². The van der Waals surface area contributed by atoms with Crippen molar-refractivity contribution in [3.8, 4) is 10.7 Å². The zero-order chi connectivity index (χ0) is 17.1. The number of nitrogens with zero attached hydrogens (tertiary/aromatic N) is 6. The monoisotopic (exact) mass is 368 g/mol. The number of para-hydroxylation sites is 1. The number of aromatic nitrogens is 6. The van der Waals surface area contributed by atoms with E-state index in [4.69, 9.17) is 9.97 Å². The lowest BCUT2D eigenvalue weighted by molar-refractivity contribution is 0.564. The first-order chi connectivity index (χ1) is 12.3. The largest absolute Gasteiger partial charge is 0.229 e. The number of rotatable bonds is 6. The number of fused-ring (bicyclic) bond motifs is 1. The van der Waals surface area contributed by atoms with Gasteiger partial charge in [-0.3, -0.25) is 0 Å². The van der Waals surface area contributed by atoms with E-state index in [0.717, 1.165) is 45.4 Å². The first-order valence-electron chi connectivity index (χ1n) is 8.03. The second-order valence-electron chi connectivity index (χ2n) is 5.45. The number of tetrazole rings is 1. The van der Waals surface area contributed by atoms with E-state index >= 15 is 0 Å². The van der Waals surface area contributed by atoms with Gasteiger partial charge in [-0.15, -0.1) is 16.4 Å². The van der Waals surface area contributed by atoms with Crippen LogP contribution < -0.4 is 0 Å². The molecule has 8 heteroatoms. The highest BCUT2D eigenvalue weighted by molar-refractivity contribution is 7.98. The van der Waals surface area contributed by atoms with Crippen molar-refractivity contribution >= 4 is 34.0 Å². The molecular formula is C17H16N6S2. The molecule has 0 spiro atoms. The average Bonchev–Trinajstić information content (AvgIpc) is 3.32. The van der Waals surface area contributed by atoms with Crippen LogP contribution in [0.4, 0.5) is 0 Å². The summed E-state index contributed by atoms with van der Waals surface area (Å²) in [6, 6.07) is 12.2. The number of hydrogen-bond donors (Lipinski definition) is 0. The molecule has 4 rings (SSSR count). The molecule has 0 radical (unpaired) electrons. The maximum Gasteiger partial charge on any atom is 0.171 e. The summed E-state index contributed by atoms with van der Waals surface area (Å²) in [6.45, 7) is 2.94. The van der Waals surface area contributed by atoms with Crippen molar-refractivity contribution < 1.29 is 0 Å². The van der Waals surface area contributed by atoms with E-state index in [1.165, 1.54) is 0 Å². The van der Waals surface area contributed by atoms with Crippen molar-refractivity contribution in [2.24, 2.45) is 0 Å². The molecule has 3 aromatic heterocycles. The van der Waals surface area contributed by atoms with Crippen LogP contribution in [0.5, 0.6) is 0 Å². The van der Waals surface area contributed by atoms with Gasteiger partial charge in [0.2, 0.25) is 0 Å². The molecule has 0 bridgehead atoms. The summed E-state index contributed by atoms with van der Waals surface area (Å²) in [7, 11) is 0. The van der Waals surface area contributed by atoms with E-state index in [1.54, 1.807) is 23.1 Å². The quantitative estimate of drug-likeness (QED) is 0.378. The van der Waals surface area contributed by atoms with Crippen LogP contribution in [0.1, 0.15) is 19.2 Å². The minimum Gasteiger partial charge on any atom is -0.229 e. The smallest absolute Gasteiger partial charge is 0.171 e. The Morgan fingerprint density at radius 2 is 2.04 bits per heavy atom. The van der Waals surface area contributed by atoms with E-state index < -0.39 is 0 Å². The Bertz CT molecular complexity index is 980. The van der Waals surface area contributed by atoms with E-state index in [0.29, 0.717) is 5.75 Å². The summed E-state index contributed by atoms with van der Waals surface area (Å²) in [4.78, 5) is 10.6. The van der Waals surface area contributed by atoms with Crippen molar-refractivity contribution in [1.29, 1.82) is 0 Å². The molecule has 3 heterocycles. The summed E-state index contributed by atoms with van der Waals surface area (Å²) >= 11 is 3.30. The number of thiophene rings is 1. The van der Waals surface area contributed by atoms with Gasteiger partial charge >= 0.3 is 0 Å². The molecule has 0 unspecified atom stereocenters. The predicted octanol–water partition coefficient (Wildman–Crippen LogP) is 4.05. The van der Waals surface area contributed by atoms with Gasteiger partial charge in [0.15, 0.2) is 11.6 Å². The van der Waals surface area contributed by atoms with Crippen molar-refractivity contribution in [2.75, 3.05) is 0 Å². The van der Waals surface area contributed by atoms with Gasteiger partial charge in [-0.1, -0.05) is 43.0 Å². The lowest BCUT2D eigenvalue weighted by Crippen LogP contribution is -2.04. The Hall–Kier alpha value is -2.32. The minimum atomic E-state index is 0.678. The van der Waals surface area contributed by atoms with Gasteiger partial charge in [0.25, 0.3) is 0 Å². The molecule has 0 aliphatic carbocycles. The number of hydrogen-bond acceptors (Lipinski definition) is 7. The lowest BCUT2D eigenvalue weighted by atomic mass is 10.2. The normalized spacial score (nSPS) is 11.2. The van der Waals surface area contributed by atoms with Crippen molar-refractivity contribution in [3.05, 3.63) is 47.6 Å². The summed E-state index contributed by atoms with van der Waals surface area (Å²) in [5, 5.41) is 16.0. The molecule has 1 aromatic carbocycles. The molecule has 0 amide bonds. The number of thioether (sulfide) groups is 1. The van der Waals surface area contributed by atoms with E-state index in [-0.39, 0.29) is 0 Å². The fraction of sp³-hybridized carbons (Fsp3) is 0.235. The molecule has 0 aliphatic rings. The number of benzene rings is 1. The zero-order valence-corrected chi connectivity index (χ0v) is 15.3. The maximum absolute atomic E-state index is 4.80. The van der Waals surface area contributed by atoms with Crippen LogP contribution in [-0.4, -0.2) is 30.2 Å². The zero-order valence-electron chi connectivity index (χ0n) is 13.7. The van der Waals surface area contributed by atoms with Gasteiger partial charge in [-0.2, -0.15) is 0 Å². The highest BCUT2D eigenvalue weighted by Gasteiger charge is 2.13. The van der Waals surface area contributed by atoms with Gasteiger partial charge in [-0.05, 0) is 34.4 Å². The maximum atomic E-state index is 4.80. The van der Waals surface area contributed by atoms with E-state index in [2.05, 4.69) is 28.5 Å². The van der Waals surface area contributed by atoms with Crippen LogP contribution in [0.25, 0.3) is 21.6 Å². The summed E-state index contributed by atoms with van der Waals surface area (Å²) < 4.78 is 1.86. The van der Waals surface area contributed by atoms with Crippen molar-refractivity contribution in [2.45, 2.75) is 30.7 Å². The Balaban J connectivity index is 1.69. The molecule has 6 nitrogen and oxygen atoms in total. The standard InChI is InChI=1S/C17H16N6S2/c1-2-9-23-15(20-21-22-23)11-25-17-12-6-3-4-7-13(12)18-16(19-17)14-8-5-10-24-14/h3-8,10H,2,9,11H2,1H3. The van der Waals surface area contributed by atoms with E-state index in [9.17, 15) is 0 Å². The molecule has 126 valence electrons. The molecular weight excluding hydrogens is 352 g/mol. The lowest BCUT2D eigenvalue weighted by Gasteiger charge is -2.08. The first kappa shape index (κ1) is 16.2. The molecule has 0 atom stereocenters. The van der Waals surface area contributed by atoms with Crippen LogP contribution in [-0.2, 0) is 12.3 Å². The van der Waals surface area contributed by atoms with Crippen molar-refractivity contribution in [3.63, 3.8) is 0 Å². The van der Waals surface area contributed by atoms with Crippen LogP contribution in [0.15, 0.2) is 46.8 Å². The van der Waals surface area contributed by atoms with E-state index in [1.807, 2.05) is 40.4 Å². The summed E-state index contributed by atoms with van der Waals surface area (Å²) in [5.74, 6) is 2.31. The van der Waals surface area contributed by atoms with Crippen molar-refractivity contribution in [1.82, 2.24) is 30.2 Å². The van der Waals surface area contributed by atoms with Gasteiger partial charge < -0.3 is 0 Å². The van der Waals surface area contributed by atoms with Crippen LogP contribution in [0.2, 0.25) is 0 Å². The Morgan fingerprint density at radius 3 is 2.88 bits per heavy atom. The Kier molecular flexibility index (Phi) is 4.71. The second kappa shape index (κ2) is 7.28. The molecule has 25 heavy (non-hydrogen) atoms. The second-order valence-corrected chi connectivity index (χ2v) is 7.37. The fourth-order valence-electron chi connectivity index (χ4n) is 2.52. The van der Waals surface area contributed by atoms with Crippen LogP contribution >= 0.6 is 23.1 Å². The first-order valence-corrected chi connectivity index (χ1v) is 9.90. The Morgan fingerprint density at radius 1 is 1.12 bits per heavy atom. The third kappa shape index (κ3) is 3.40. The molecule has 0 saturated carbocycles. The van der Waals surface area contributed by atoms with Crippen LogP contribution in [0, 0.1) is 0 Å². The fourth-order valence-corrected chi connectivity index (χ4v) is 4.13. The highest BCUT2D eigenvalue weighted by atomic mass is 32.2. The molecule has 0 fully saturated rings. The SMILES string of the molecule is CCCn1nnnc1CSc1nc(-c2cccs2)nc2ccccc12. The molecule has 0 N–H and O–H groups in total. The third-order valence-corrected chi connectivity index (χ3v) is 5.54. The van der Waals surface area contributed by atoms with Crippen LogP contribution in [0.3, 0.4) is 0 Å². The minimum absolute atomic E-state index is 0.678.